The minimum atomic E-state index is -2.33. The molecule has 0 spiro atoms. The fraction of sp³-hybridized carbons (Fsp3) is 0.513. The van der Waals surface area contributed by atoms with Crippen LogP contribution in [0.5, 0.6) is 0 Å². The lowest BCUT2D eigenvalue weighted by Crippen LogP contribution is -2.50. The van der Waals surface area contributed by atoms with Gasteiger partial charge in [0.25, 0.3) is 0 Å². The molecule has 0 saturated heterocycles. The van der Waals surface area contributed by atoms with E-state index in [4.69, 9.17) is 14.1 Å². The normalized spacial score (nSPS) is 18.8. The van der Waals surface area contributed by atoms with Crippen LogP contribution < -0.4 is 11.0 Å². The lowest BCUT2D eigenvalue weighted by atomic mass is 9.93. The quantitative estimate of drug-likeness (QED) is 0.130. The number of aryl methyl sites for hydroxylation is 2. The van der Waals surface area contributed by atoms with Crippen molar-refractivity contribution in [2.24, 2.45) is 14.1 Å². The topological polar surface area (TPSA) is 158 Å². The number of carbonyl (C=O) groups excluding carboxylic acids is 1. The fourth-order valence-corrected chi connectivity index (χ4v) is 8.65. The van der Waals surface area contributed by atoms with Crippen LogP contribution in [0.2, 0.25) is 18.1 Å². The summed E-state index contributed by atoms with van der Waals surface area (Å²) in [5, 5.41) is 17.0. The summed E-state index contributed by atoms with van der Waals surface area (Å²) in [6, 6.07) is 6.70. The smallest absolute Gasteiger partial charge is 0.407 e. The number of nitrogens with one attached hydrogen (secondary N) is 2. The number of benzene rings is 1. The van der Waals surface area contributed by atoms with E-state index in [0.717, 1.165) is 11.1 Å². The summed E-state index contributed by atoms with van der Waals surface area (Å²) in [4.78, 5) is 47.1. The molecular weight excluding hydrogens is 710 g/mol. The second kappa shape index (κ2) is 13.8. The summed E-state index contributed by atoms with van der Waals surface area (Å²) in [6.07, 6.45) is 3.13. The zero-order valence-corrected chi connectivity index (χ0v) is 34.0. The number of rotatable bonds is 9. The van der Waals surface area contributed by atoms with Gasteiger partial charge in [0.05, 0.1) is 52.4 Å². The van der Waals surface area contributed by atoms with Crippen molar-refractivity contribution in [2.75, 3.05) is 0 Å². The molecule has 1 aliphatic rings. The molecule has 0 bridgehead atoms. The van der Waals surface area contributed by atoms with Crippen LogP contribution in [0.3, 0.4) is 0 Å². The number of H-pyrrole nitrogens is 1. The second-order valence-corrected chi connectivity index (χ2v) is 22.0. The fourth-order valence-electron chi connectivity index (χ4n) is 7.28. The molecule has 6 rings (SSSR count). The molecule has 1 saturated carbocycles. The standard InChI is InChI=1S/C39H52FN7O6Si/c1-21(16-29(48)49)22-12-14-23(15-13-22)30-31-33-27(19-41-35(31)43-32(30)25-20-45(8)44-34(25)40)46(9)37(51)47(33)24-17-26(42-36(50)52-38(2,3)4)28(18-24)53-54(10,11)39(5,6)7/h12-15,19-21,24,26,28H,16-18H2,1-11H3,(H,41,43)(H,42,50)(H,48,49)/t21-,24+,26+,28-/m1/s1. The highest BCUT2D eigenvalue weighted by atomic mass is 28.4. The SMILES string of the molecule is C[C@H](CC(=O)O)c1ccc(-c2c(-c3cn(C)nc3F)[nH]c3ncc4c(c23)n([C@H]2C[C@H](NC(=O)OC(C)(C)C)[C@H](O[Si](C)(C)C(C)(C)C)C2)c(=O)n4C)cc1. The van der Waals surface area contributed by atoms with Crippen molar-refractivity contribution < 1.29 is 28.2 Å². The summed E-state index contributed by atoms with van der Waals surface area (Å²) >= 11 is 0. The summed E-state index contributed by atoms with van der Waals surface area (Å²) < 4.78 is 32.9. The van der Waals surface area contributed by atoms with Crippen LogP contribution in [0.1, 0.15) is 85.3 Å². The Morgan fingerprint density at radius 2 is 1.78 bits per heavy atom. The first-order valence-corrected chi connectivity index (χ1v) is 21.3. The van der Waals surface area contributed by atoms with E-state index in [0.29, 0.717) is 46.2 Å². The largest absolute Gasteiger partial charge is 0.481 e. The van der Waals surface area contributed by atoms with E-state index in [9.17, 15) is 19.5 Å². The Hall–Kier alpha value is -4.76. The number of halogens is 1. The van der Waals surface area contributed by atoms with E-state index in [-0.39, 0.29) is 34.7 Å². The number of alkyl carbamates (subject to hydrolysis) is 1. The number of hydrogen-bond donors (Lipinski definition) is 3. The van der Waals surface area contributed by atoms with Crippen molar-refractivity contribution in [3.63, 3.8) is 0 Å². The van der Waals surface area contributed by atoms with Crippen LogP contribution in [0.25, 0.3) is 44.5 Å². The van der Waals surface area contributed by atoms with Gasteiger partial charge in [0, 0.05) is 31.9 Å². The number of carboxylic acids is 1. The zero-order valence-electron chi connectivity index (χ0n) is 33.0. The van der Waals surface area contributed by atoms with E-state index < -0.39 is 44.1 Å². The Morgan fingerprint density at radius 1 is 1.11 bits per heavy atom. The molecule has 15 heteroatoms. The van der Waals surface area contributed by atoms with Gasteiger partial charge in [-0.05, 0) is 68.8 Å². The summed E-state index contributed by atoms with van der Waals surface area (Å²) in [6.45, 7) is 18.1. The molecule has 4 aromatic heterocycles. The van der Waals surface area contributed by atoms with Crippen LogP contribution in [0.15, 0.2) is 41.5 Å². The molecule has 1 aliphatic carbocycles. The van der Waals surface area contributed by atoms with Gasteiger partial charge in [0.2, 0.25) is 5.95 Å². The average molecular weight is 762 g/mol. The second-order valence-electron chi connectivity index (χ2n) is 17.2. The van der Waals surface area contributed by atoms with Crippen molar-refractivity contribution in [3.8, 4) is 22.4 Å². The predicted octanol–water partition coefficient (Wildman–Crippen LogP) is 7.62. The summed E-state index contributed by atoms with van der Waals surface area (Å²) in [5.41, 5.74) is 3.57. The van der Waals surface area contributed by atoms with Crippen molar-refractivity contribution in [1.82, 2.24) is 34.2 Å². The maximum absolute atomic E-state index is 15.5. The maximum atomic E-state index is 15.5. The van der Waals surface area contributed by atoms with E-state index in [1.165, 1.54) is 4.68 Å². The van der Waals surface area contributed by atoms with Gasteiger partial charge in [0.1, 0.15) is 11.2 Å². The molecule has 3 N–H and O–H groups in total. The molecule has 13 nitrogen and oxygen atoms in total. The van der Waals surface area contributed by atoms with Gasteiger partial charge in [-0.15, -0.1) is 5.10 Å². The molecule has 4 atom stereocenters. The molecule has 1 amide bonds. The van der Waals surface area contributed by atoms with Crippen molar-refractivity contribution >= 4 is 42.4 Å². The lowest BCUT2D eigenvalue weighted by molar-refractivity contribution is -0.137. The highest BCUT2D eigenvalue weighted by Gasteiger charge is 2.46. The predicted molar refractivity (Wildman–Crippen MR) is 209 cm³/mol. The maximum Gasteiger partial charge on any atom is 0.407 e. The molecule has 1 aromatic carbocycles. The van der Waals surface area contributed by atoms with Gasteiger partial charge < -0.3 is 24.6 Å². The van der Waals surface area contributed by atoms with Crippen LogP contribution >= 0.6 is 0 Å². The van der Waals surface area contributed by atoms with Crippen LogP contribution in [-0.4, -0.2) is 72.1 Å². The molecule has 0 radical (unpaired) electrons. The minimum absolute atomic E-state index is 0.0231. The Kier molecular flexibility index (Phi) is 9.97. The highest BCUT2D eigenvalue weighted by molar-refractivity contribution is 6.74. The number of nitrogens with zero attached hydrogens (tertiary/aromatic N) is 5. The number of aromatic amines is 1. The number of carboxylic acid groups (broad SMARTS) is 1. The van der Waals surface area contributed by atoms with E-state index >= 15 is 4.39 Å². The third kappa shape index (κ3) is 7.35. The molecule has 0 aliphatic heterocycles. The number of hydrogen-bond acceptors (Lipinski definition) is 7. The number of aliphatic carboxylic acids is 1. The summed E-state index contributed by atoms with van der Waals surface area (Å²) in [5.74, 6) is -1.79. The Labute approximate surface area is 315 Å². The van der Waals surface area contributed by atoms with E-state index in [1.54, 1.807) is 35.6 Å². The monoisotopic (exact) mass is 761 g/mol. The van der Waals surface area contributed by atoms with Crippen LogP contribution in [0.4, 0.5) is 9.18 Å². The third-order valence-electron chi connectivity index (χ3n) is 11.0. The molecular formula is C39H52FN7O6Si. The molecule has 0 unspecified atom stereocenters. The van der Waals surface area contributed by atoms with Crippen molar-refractivity contribution in [3.05, 3.63) is 58.7 Å². The Bertz CT molecular complexity index is 2290. The highest BCUT2D eigenvalue weighted by Crippen LogP contribution is 2.45. The van der Waals surface area contributed by atoms with Gasteiger partial charge >= 0.3 is 17.8 Å². The molecule has 5 aromatic rings. The molecule has 54 heavy (non-hydrogen) atoms. The van der Waals surface area contributed by atoms with E-state index in [1.807, 2.05) is 52.0 Å². The number of imidazole rings is 1. The number of aromatic nitrogens is 6. The Morgan fingerprint density at radius 3 is 2.35 bits per heavy atom. The van der Waals surface area contributed by atoms with Crippen molar-refractivity contribution in [1.29, 1.82) is 0 Å². The molecule has 1 fully saturated rings. The van der Waals surface area contributed by atoms with Gasteiger partial charge in [0.15, 0.2) is 8.32 Å². The zero-order chi connectivity index (χ0) is 39.7. The molecule has 290 valence electrons. The number of fused-ring (bicyclic) bond motifs is 3. The number of carbonyl (C=O) groups is 2. The first-order valence-electron chi connectivity index (χ1n) is 18.4. The van der Waals surface area contributed by atoms with Crippen LogP contribution in [-0.2, 0) is 28.1 Å². The first-order chi connectivity index (χ1) is 25.1. The first kappa shape index (κ1) is 38.9. The van der Waals surface area contributed by atoms with Gasteiger partial charge in [-0.1, -0.05) is 52.0 Å². The van der Waals surface area contributed by atoms with Gasteiger partial charge in [-0.25, -0.2) is 14.6 Å². The van der Waals surface area contributed by atoms with Gasteiger partial charge in [-0.3, -0.25) is 18.6 Å². The molecule has 4 heterocycles. The minimum Gasteiger partial charge on any atom is -0.481 e. The van der Waals surface area contributed by atoms with Crippen molar-refractivity contribution in [2.45, 2.75) is 116 Å². The number of amides is 1. The van der Waals surface area contributed by atoms with E-state index in [2.05, 4.69) is 49.3 Å². The van der Waals surface area contributed by atoms with Crippen LogP contribution in [0, 0.1) is 5.95 Å². The average Bonchev–Trinajstić information content (AvgIpc) is 3.77. The third-order valence-corrected chi connectivity index (χ3v) is 15.5. The number of ether oxygens (including phenoxy) is 1. The Balaban J connectivity index is 1.55. The number of pyridine rings is 1. The summed E-state index contributed by atoms with van der Waals surface area (Å²) in [7, 11) is 1.01. The van der Waals surface area contributed by atoms with Gasteiger partial charge in [-0.2, -0.15) is 4.39 Å². The lowest BCUT2D eigenvalue weighted by Gasteiger charge is -2.40.